The van der Waals surface area contributed by atoms with Gasteiger partial charge in [-0.05, 0) is 75.1 Å². The molecule has 0 saturated carbocycles. The summed E-state index contributed by atoms with van der Waals surface area (Å²) in [5.74, 6) is -0.720. The Morgan fingerprint density at radius 2 is 1.58 bits per heavy atom. The first-order valence-corrected chi connectivity index (χ1v) is 14.3. The van der Waals surface area contributed by atoms with Gasteiger partial charge in [-0.25, -0.2) is 8.42 Å². The lowest BCUT2D eigenvalue weighted by atomic mass is 10.1. The van der Waals surface area contributed by atoms with Crippen molar-refractivity contribution in [2.75, 3.05) is 17.4 Å². The number of sulfonamides is 1. The number of nitrogens with zero attached hydrogens (tertiary/aromatic N) is 2. The minimum Gasteiger partial charge on any atom is -0.355 e. The predicted molar refractivity (Wildman–Crippen MR) is 151 cm³/mol. The molecule has 0 saturated heterocycles. The molecule has 1 atom stereocenters. The summed E-state index contributed by atoms with van der Waals surface area (Å²) < 4.78 is 28.8. The van der Waals surface area contributed by atoms with Gasteiger partial charge in [0.1, 0.15) is 12.6 Å². The summed E-state index contributed by atoms with van der Waals surface area (Å²) in [5.41, 5.74) is 4.22. The van der Waals surface area contributed by atoms with Crippen LogP contribution in [0.25, 0.3) is 0 Å². The first kappa shape index (κ1) is 28.9. The quantitative estimate of drug-likeness (QED) is 0.384. The smallest absolute Gasteiger partial charge is 0.264 e. The molecular formula is C30H37N3O4S. The second-order valence-corrected chi connectivity index (χ2v) is 11.3. The Labute approximate surface area is 226 Å². The van der Waals surface area contributed by atoms with Crippen LogP contribution in [-0.4, -0.2) is 44.3 Å². The number of nitrogens with one attached hydrogen (secondary N) is 1. The highest BCUT2D eigenvalue weighted by atomic mass is 32.2. The maximum Gasteiger partial charge on any atom is 0.264 e. The fourth-order valence-electron chi connectivity index (χ4n) is 4.35. The van der Waals surface area contributed by atoms with E-state index in [0.29, 0.717) is 18.7 Å². The van der Waals surface area contributed by atoms with Crippen LogP contribution in [0, 0.1) is 20.8 Å². The SMILES string of the molecule is CCNC(=O)[C@H](CC)N(Cc1cccc(C)c1)C(=O)CN(c1ccc(C)c(C)c1)S(=O)(=O)c1ccccc1. The standard InChI is InChI=1S/C30H37N3O4S/c1-6-28(30(35)31-7-2)32(20-25-13-11-12-22(3)18-25)29(34)21-33(26-17-16-23(4)24(5)19-26)38(36,37)27-14-9-8-10-15-27/h8-19,28H,6-7,20-21H2,1-5H3,(H,31,35)/t28-/m0/s1. The van der Waals surface area contributed by atoms with Crippen LogP contribution >= 0.6 is 0 Å². The van der Waals surface area contributed by atoms with Gasteiger partial charge < -0.3 is 10.2 Å². The predicted octanol–water partition coefficient (Wildman–Crippen LogP) is 4.75. The first-order chi connectivity index (χ1) is 18.1. The summed E-state index contributed by atoms with van der Waals surface area (Å²) in [5, 5.41) is 2.82. The molecule has 0 aliphatic carbocycles. The summed E-state index contributed by atoms with van der Waals surface area (Å²) in [6.45, 7) is 9.65. The highest BCUT2D eigenvalue weighted by molar-refractivity contribution is 7.92. The number of hydrogen-bond donors (Lipinski definition) is 1. The third-order valence-electron chi connectivity index (χ3n) is 6.56. The zero-order valence-electron chi connectivity index (χ0n) is 22.8. The monoisotopic (exact) mass is 535 g/mol. The van der Waals surface area contributed by atoms with Crippen molar-refractivity contribution in [1.82, 2.24) is 10.2 Å². The van der Waals surface area contributed by atoms with Crippen molar-refractivity contribution in [3.05, 3.63) is 95.1 Å². The molecule has 0 unspecified atom stereocenters. The number of amides is 2. The maximum absolute atomic E-state index is 14.0. The van der Waals surface area contributed by atoms with Crippen LogP contribution in [0.4, 0.5) is 5.69 Å². The van der Waals surface area contributed by atoms with Gasteiger partial charge in [0, 0.05) is 13.1 Å². The van der Waals surface area contributed by atoms with Crippen LogP contribution < -0.4 is 9.62 Å². The van der Waals surface area contributed by atoms with Gasteiger partial charge in [0.05, 0.1) is 10.6 Å². The highest BCUT2D eigenvalue weighted by Gasteiger charge is 2.33. The number of carbonyl (C=O) groups excluding carboxylic acids is 2. The lowest BCUT2D eigenvalue weighted by molar-refractivity contribution is -0.140. The fourth-order valence-corrected chi connectivity index (χ4v) is 5.77. The molecule has 3 aromatic rings. The van der Waals surface area contributed by atoms with Crippen molar-refractivity contribution in [2.24, 2.45) is 0 Å². The van der Waals surface area contributed by atoms with Crippen molar-refractivity contribution >= 4 is 27.5 Å². The molecule has 0 aliphatic rings. The lowest BCUT2D eigenvalue weighted by Gasteiger charge is -2.33. The molecule has 0 aliphatic heterocycles. The Hall–Kier alpha value is -3.65. The number of hydrogen-bond acceptors (Lipinski definition) is 4. The van der Waals surface area contributed by atoms with Crippen LogP contribution in [0.1, 0.15) is 42.5 Å². The highest BCUT2D eigenvalue weighted by Crippen LogP contribution is 2.26. The summed E-state index contributed by atoms with van der Waals surface area (Å²) in [7, 11) is -4.07. The van der Waals surface area contributed by atoms with Crippen LogP contribution in [-0.2, 0) is 26.2 Å². The molecule has 7 nitrogen and oxygen atoms in total. The number of benzene rings is 3. The summed E-state index contributed by atoms with van der Waals surface area (Å²) in [4.78, 5) is 28.6. The average molecular weight is 536 g/mol. The summed E-state index contributed by atoms with van der Waals surface area (Å²) in [6, 6.07) is 20.4. The van der Waals surface area contributed by atoms with Gasteiger partial charge in [-0.1, -0.05) is 61.0 Å². The zero-order chi connectivity index (χ0) is 27.9. The average Bonchev–Trinajstić information content (AvgIpc) is 2.89. The molecule has 3 aromatic carbocycles. The maximum atomic E-state index is 14.0. The van der Waals surface area contributed by atoms with E-state index >= 15 is 0 Å². The van der Waals surface area contributed by atoms with E-state index in [1.165, 1.54) is 17.0 Å². The van der Waals surface area contributed by atoms with Gasteiger partial charge in [0.15, 0.2) is 0 Å². The molecule has 3 rings (SSSR count). The summed E-state index contributed by atoms with van der Waals surface area (Å²) >= 11 is 0. The topological polar surface area (TPSA) is 86.8 Å². The number of likely N-dealkylation sites (N-methyl/N-ethyl adjacent to an activating group) is 1. The molecule has 0 radical (unpaired) electrons. The normalized spacial score (nSPS) is 12.0. The Balaban J connectivity index is 2.07. The van der Waals surface area contributed by atoms with E-state index in [9.17, 15) is 18.0 Å². The van der Waals surface area contributed by atoms with E-state index < -0.39 is 28.5 Å². The third kappa shape index (κ3) is 6.81. The Morgan fingerprint density at radius 3 is 2.18 bits per heavy atom. The molecule has 0 fully saturated rings. The molecule has 0 aromatic heterocycles. The molecule has 0 heterocycles. The number of aryl methyl sites for hydroxylation is 3. The molecular weight excluding hydrogens is 498 g/mol. The Morgan fingerprint density at radius 1 is 0.868 bits per heavy atom. The van der Waals surface area contributed by atoms with Crippen LogP contribution in [0.3, 0.4) is 0 Å². The van der Waals surface area contributed by atoms with Crippen LogP contribution in [0.5, 0.6) is 0 Å². The molecule has 202 valence electrons. The minimum atomic E-state index is -4.07. The first-order valence-electron chi connectivity index (χ1n) is 12.9. The van der Waals surface area contributed by atoms with Gasteiger partial charge in [-0.15, -0.1) is 0 Å². The van der Waals surface area contributed by atoms with Crippen molar-refractivity contribution in [2.45, 2.75) is 58.5 Å². The number of anilines is 1. The molecule has 2 amide bonds. The molecule has 8 heteroatoms. The Kier molecular flexibility index (Phi) is 9.69. The van der Waals surface area contributed by atoms with Crippen molar-refractivity contribution in [3.8, 4) is 0 Å². The number of rotatable bonds is 11. The molecule has 0 bridgehead atoms. The zero-order valence-corrected chi connectivity index (χ0v) is 23.6. The van der Waals surface area contributed by atoms with E-state index in [-0.39, 0.29) is 17.3 Å². The van der Waals surface area contributed by atoms with Gasteiger partial charge in [-0.2, -0.15) is 0 Å². The van der Waals surface area contributed by atoms with Gasteiger partial charge in [0.2, 0.25) is 11.8 Å². The lowest BCUT2D eigenvalue weighted by Crippen LogP contribution is -2.52. The Bertz CT molecular complexity index is 1370. The van der Waals surface area contributed by atoms with Crippen molar-refractivity contribution in [3.63, 3.8) is 0 Å². The molecule has 38 heavy (non-hydrogen) atoms. The molecule has 1 N–H and O–H groups in total. The fraction of sp³-hybridized carbons (Fsp3) is 0.333. The van der Waals surface area contributed by atoms with Crippen molar-refractivity contribution < 1.29 is 18.0 Å². The largest absolute Gasteiger partial charge is 0.355 e. The number of carbonyl (C=O) groups is 2. The van der Waals surface area contributed by atoms with E-state index in [1.807, 2.05) is 65.0 Å². The van der Waals surface area contributed by atoms with E-state index in [0.717, 1.165) is 26.6 Å². The molecule has 0 spiro atoms. The van der Waals surface area contributed by atoms with Crippen molar-refractivity contribution in [1.29, 1.82) is 0 Å². The van der Waals surface area contributed by atoms with Gasteiger partial charge in [0.25, 0.3) is 10.0 Å². The van der Waals surface area contributed by atoms with Crippen LogP contribution in [0.2, 0.25) is 0 Å². The second-order valence-electron chi connectivity index (χ2n) is 9.42. The van der Waals surface area contributed by atoms with Crippen LogP contribution in [0.15, 0.2) is 77.7 Å². The van der Waals surface area contributed by atoms with Gasteiger partial charge >= 0.3 is 0 Å². The van der Waals surface area contributed by atoms with Gasteiger partial charge in [-0.3, -0.25) is 13.9 Å². The third-order valence-corrected chi connectivity index (χ3v) is 8.35. The minimum absolute atomic E-state index is 0.0898. The van der Waals surface area contributed by atoms with E-state index in [4.69, 9.17) is 0 Å². The summed E-state index contributed by atoms with van der Waals surface area (Å²) in [6.07, 6.45) is 0.387. The van der Waals surface area contributed by atoms with E-state index in [2.05, 4.69) is 5.32 Å². The second kappa shape index (κ2) is 12.7. The van der Waals surface area contributed by atoms with E-state index in [1.54, 1.807) is 30.3 Å².